The topological polar surface area (TPSA) is 40.5 Å². The molecule has 0 atom stereocenters. The van der Waals surface area contributed by atoms with Gasteiger partial charge in [0, 0.05) is 6.54 Å². The number of carbonyl (C=O) groups is 1. The maximum atomic E-state index is 11.8. The molecule has 0 aliphatic rings. The molecule has 1 amide bonds. The molecule has 0 aromatic heterocycles. The van der Waals surface area contributed by atoms with Crippen molar-refractivity contribution in [3.8, 4) is 0 Å². The molecular weight excluding hydrogens is 187 g/mol. The number of nitrogens with zero attached hydrogens (tertiary/aromatic N) is 1. The quantitative estimate of drug-likeness (QED) is 0.754. The maximum Gasteiger partial charge on any atom is 0.407 e. The van der Waals surface area contributed by atoms with Gasteiger partial charge in [0.1, 0.15) is 6.54 Å². The lowest BCUT2D eigenvalue weighted by Gasteiger charge is -2.20. The molecule has 0 rings (SSSR count). The molecule has 0 radical (unpaired) electrons. The molecule has 78 valence electrons. The summed E-state index contributed by atoms with van der Waals surface area (Å²) in [6.45, 7) is 0.335. The van der Waals surface area contributed by atoms with Crippen molar-refractivity contribution >= 4 is 6.09 Å². The van der Waals surface area contributed by atoms with Gasteiger partial charge >= 0.3 is 12.3 Å². The number of rotatable bonds is 4. The number of amides is 1. The van der Waals surface area contributed by atoms with E-state index in [-0.39, 0.29) is 6.54 Å². The Bertz CT molecular complexity index is 170. The molecule has 13 heavy (non-hydrogen) atoms. The summed E-state index contributed by atoms with van der Waals surface area (Å²) in [6.07, 6.45) is -4.86. The first-order valence-corrected chi connectivity index (χ1v) is 3.91. The summed E-state index contributed by atoms with van der Waals surface area (Å²) in [5.41, 5.74) is 0. The van der Waals surface area contributed by atoms with Crippen LogP contribution in [-0.4, -0.2) is 35.4 Å². The van der Waals surface area contributed by atoms with Crippen LogP contribution in [-0.2, 0) is 0 Å². The second-order valence-electron chi connectivity index (χ2n) is 2.67. The summed E-state index contributed by atoms with van der Waals surface area (Å²) in [7, 11) is 0. The summed E-state index contributed by atoms with van der Waals surface area (Å²) in [4.78, 5) is 10.7. The number of halogens is 3. The molecule has 0 unspecified atom stereocenters. The summed E-state index contributed by atoms with van der Waals surface area (Å²) in [5, 5.41) is 8.39. The molecule has 0 heterocycles. The molecule has 6 heteroatoms. The van der Waals surface area contributed by atoms with Crippen LogP contribution in [0.5, 0.6) is 0 Å². The maximum absolute atomic E-state index is 11.8. The second-order valence-corrected chi connectivity index (χ2v) is 2.67. The van der Waals surface area contributed by atoms with Crippen molar-refractivity contribution in [3.63, 3.8) is 0 Å². The Labute approximate surface area is 74.1 Å². The van der Waals surface area contributed by atoms with Gasteiger partial charge in [-0.2, -0.15) is 13.2 Å². The monoisotopic (exact) mass is 199 g/mol. The van der Waals surface area contributed by atoms with Gasteiger partial charge in [0.25, 0.3) is 0 Å². The average molecular weight is 199 g/mol. The highest BCUT2D eigenvalue weighted by Gasteiger charge is 2.32. The van der Waals surface area contributed by atoms with Crippen LogP contribution >= 0.6 is 0 Å². The zero-order valence-electron chi connectivity index (χ0n) is 7.26. The Hall–Kier alpha value is -0.940. The SMILES string of the molecule is CCCCN(CC(F)(F)F)C(=O)O. The molecule has 0 fully saturated rings. The third-order valence-corrected chi connectivity index (χ3v) is 1.42. The molecular formula is C7H12F3NO2. The minimum Gasteiger partial charge on any atom is -0.465 e. The third-order valence-electron chi connectivity index (χ3n) is 1.42. The Kier molecular flexibility index (Phi) is 4.58. The number of hydrogen-bond acceptors (Lipinski definition) is 1. The Morgan fingerprint density at radius 1 is 1.46 bits per heavy atom. The van der Waals surface area contributed by atoms with Gasteiger partial charge < -0.3 is 5.11 Å². The van der Waals surface area contributed by atoms with Crippen molar-refractivity contribution in [2.75, 3.05) is 13.1 Å². The van der Waals surface area contributed by atoms with Gasteiger partial charge in [-0.1, -0.05) is 13.3 Å². The molecule has 0 bridgehead atoms. The molecule has 0 saturated heterocycles. The summed E-state index contributed by atoms with van der Waals surface area (Å²) >= 11 is 0. The molecule has 0 aromatic rings. The van der Waals surface area contributed by atoms with Gasteiger partial charge in [0.05, 0.1) is 0 Å². The first-order valence-electron chi connectivity index (χ1n) is 3.91. The predicted octanol–water partition coefficient (Wildman–Crippen LogP) is 2.33. The molecule has 0 aromatic carbocycles. The highest BCUT2D eigenvalue weighted by molar-refractivity contribution is 5.64. The van der Waals surface area contributed by atoms with Gasteiger partial charge in [-0.05, 0) is 6.42 Å². The highest BCUT2D eigenvalue weighted by atomic mass is 19.4. The van der Waals surface area contributed by atoms with E-state index in [0.29, 0.717) is 17.7 Å². The fourth-order valence-electron chi connectivity index (χ4n) is 0.808. The van der Waals surface area contributed by atoms with Crippen LogP contribution in [0.2, 0.25) is 0 Å². The van der Waals surface area contributed by atoms with Gasteiger partial charge in [0.2, 0.25) is 0 Å². The minimum absolute atomic E-state index is 0.0641. The summed E-state index contributed by atoms with van der Waals surface area (Å²) < 4.78 is 35.4. The summed E-state index contributed by atoms with van der Waals surface area (Å²) in [5.74, 6) is 0. The Morgan fingerprint density at radius 2 is 2.00 bits per heavy atom. The largest absolute Gasteiger partial charge is 0.465 e. The van der Waals surface area contributed by atoms with Crippen LogP contribution in [0.4, 0.5) is 18.0 Å². The standard InChI is InChI=1S/C7H12F3NO2/c1-2-3-4-11(6(12)13)5-7(8,9)10/h2-5H2,1H3,(H,12,13). The molecule has 0 aliphatic heterocycles. The van der Waals surface area contributed by atoms with E-state index in [1.54, 1.807) is 6.92 Å². The normalized spacial score (nSPS) is 11.4. The average Bonchev–Trinajstić information content (AvgIpc) is 1.95. The van der Waals surface area contributed by atoms with Crippen molar-refractivity contribution in [2.24, 2.45) is 0 Å². The van der Waals surface area contributed by atoms with Gasteiger partial charge in [0.15, 0.2) is 0 Å². The van der Waals surface area contributed by atoms with Gasteiger partial charge in [-0.15, -0.1) is 0 Å². The lowest BCUT2D eigenvalue weighted by molar-refractivity contribution is -0.142. The fraction of sp³-hybridized carbons (Fsp3) is 0.857. The second kappa shape index (κ2) is 4.94. The first kappa shape index (κ1) is 12.1. The van der Waals surface area contributed by atoms with Crippen LogP contribution in [0.25, 0.3) is 0 Å². The molecule has 3 nitrogen and oxygen atoms in total. The van der Waals surface area contributed by atoms with Crippen LogP contribution in [0.15, 0.2) is 0 Å². The van der Waals surface area contributed by atoms with E-state index in [9.17, 15) is 18.0 Å². The van der Waals surface area contributed by atoms with Crippen molar-refractivity contribution in [1.29, 1.82) is 0 Å². The predicted molar refractivity (Wildman–Crippen MR) is 40.6 cm³/mol. The van der Waals surface area contributed by atoms with E-state index in [1.165, 1.54) is 0 Å². The van der Waals surface area contributed by atoms with Gasteiger partial charge in [-0.25, -0.2) is 4.79 Å². The zero-order chi connectivity index (χ0) is 10.5. The van der Waals surface area contributed by atoms with E-state index < -0.39 is 18.8 Å². The van der Waals surface area contributed by atoms with Crippen molar-refractivity contribution in [2.45, 2.75) is 25.9 Å². The number of hydrogen-bond donors (Lipinski definition) is 1. The smallest absolute Gasteiger partial charge is 0.407 e. The van der Waals surface area contributed by atoms with Crippen LogP contribution in [0, 0.1) is 0 Å². The van der Waals surface area contributed by atoms with Crippen LogP contribution in [0.1, 0.15) is 19.8 Å². The Morgan fingerprint density at radius 3 is 2.31 bits per heavy atom. The van der Waals surface area contributed by atoms with E-state index >= 15 is 0 Å². The van der Waals surface area contributed by atoms with Crippen molar-refractivity contribution in [3.05, 3.63) is 0 Å². The Balaban J connectivity index is 4.03. The van der Waals surface area contributed by atoms with Crippen molar-refractivity contribution in [1.82, 2.24) is 4.90 Å². The van der Waals surface area contributed by atoms with E-state index in [4.69, 9.17) is 5.11 Å². The number of alkyl halides is 3. The fourth-order valence-corrected chi connectivity index (χ4v) is 0.808. The molecule has 0 aliphatic carbocycles. The van der Waals surface area contributed by atoms with Crippen LogP contribution < -0.4 is 0 Å². The number of unbranched alkanes of at least 4 members (excludes halogenated alkanes) is 1. The number of carboxylic acid groups (broad SMARTS) is 1. The summed E-state index contributed by atoms with van der Waals surface area (Å²) in [6, 6.07) is 0. The lowest BCUT2D eigenvalue weighted by Crippen LogP contribution is -2.38. The first-order chi connectivity index (χ1) is 5.87. The molecule has 0 saturated carbocycles. The third kappa shape index (κ3) is 6.24. The molecule has 1 N–H and O–H groups in total. The van der Waals surface area contributed by atoms with E-state index in [1.807, 2.05) is 0 Å². The lowest BCUT2D eigenvalue weighted by atomic mass is 10.3. The van der Waals surface area contributed by atoms with E-state index in [2.05, 4.69) is 0 Å². The minimum atomic E-state index is -4.45. The van der Waals surface area contributed by atoms with Crippen LogP contribution in [0.3, 0.4) is 0 Å². The highest BCUT2D eigenvalue weighted by Crippen LogP contribution is 2.16. The van der Waals surface area contributed by atoms with Crippen molar-refractivity contribution < 1.29 is 23.1 Å². The molecule has 0 spiro atoms. The van der Waals surface area contributed by atoms with Gasteiger partial charge in [-0.3, -0.25) is 4.90 Å². The zero-order valence-corrected chi connectivity index (χ0v) is 7.26. The van der Waals surface area contributed by atoms with E-state index in [0.717, 1.165) is 0 Å².